The number of rotatable bonds is 7. The van der Waals surface area contributed by atoms with Crippen molar-refractivity contribution in [2.75, 3.05) is 14.2 Å². The van der Waals surface area contributed by atoms with Crippen LogP contribution in [0.4, 0.5) is 9.18 Å². The second-order valence-corrected chi connectivity index (χ2v) is 7.37. The number of hydrogen-bond donors (Lipinski definition) is 3. The number of nitrogens with one attached hydrogen (secondary N) is 2. The van der Waals surface area contributed by atoms with Crippen LogP contribution in [0.2, 0.25) is 0 Å². The number of hydrogen-bond acceptors (Lipinski definition) is 5. The Morgan fingerprint density at radius 1 is 1.18 bits per heavy atom. The molecule has 3 rings (SSSR count). The second-order valence-electron chi connectivity index (χ2n) is 7.37. The minimum absolute atomic E-state index is 0. The van der Waals surface area contributed by atoms with Crippen LogP contribution < -0.4 is 15.4 Å². The standard InChI is InChI=1S/C23H22FN3O6.Na.H/c1-27-7-6-19(28)21(22(27)31)26-23(32)25-18(12-20(29)30)15-8-14(9-16(24)10-15)13-4-3-5-17(11-13)33-2;;/h3-11,18,21H,12H2,1-2H3,(H,29,30)(H2,25,26,32);;. The molecule has 2 unspecified atom stereocenters. The monoisotopic (exact) mass is 479 g/mol. The molecule has 0 radical (unpaired) electrons. The van der Waals surface area contributed by atoms with Gasteiger partial charge in [0.05, 0.1) is 19.6 Å². The van der Waals surface area contributed by atoms with E-state index in [1.54, 1.807) is 30.3 Å². The van der Waals surface area contributed by atoms with Crippen molar-refractivity contribution in [2.24, 2.45) is 0 Å². The Morgan fingerprint density at radius 3 is 2.59 bits per heavy atom. The van der Waals surface area contributed by atoms with E-state index in [0.29, 0.717) is 16.9 Å². The topological polar surface area (TPSA) is 125 Å². The summed E-state index contributed by atoms with van der Waals surface area (Å²) in [7, 11) is 2.93. The summed E-state index contributed by atoms with van der Waals surface area (Å²) in [4.78, 5) is 49.2. The Bertz CT molecular complexity index is 1140. The molecular weight excluding hydrogens is 456 g/mol. The Kier molecular flexibility index (Phi) is 9.36. The van der Waals surface area contributed by atoms with Crippen molar-refractivity contribution in [1.29, 1.82) is 0 Å². The van der Waals surface area contributed by atoms with Gasteiger partial charge in [0.2, 0.25) is 0 Å². The molecule has 3 N–H and O–H groups in total. The molecule has 0 fully saturated rings. The third kappa shape index (κ3) is 6.66. The van der Waals surface area contributed by atoms with Gasteiger partial charge in [-0.15, -0.1) is 0 Å². The fourth-order valence-electron chi connectivity index (χ4n) is 3.35. The molecule has 34 heavy (non-hydrogen) atoms. The molecule has 0 aromatic heterocycles. The van der Waals surface area contributed by atoms with Crippen molar-refractivity contribution < 1.29 is 33.4 Å². The molecule has 3 amide bonds. The van der Waals surface area contributed by atoms with Gasteiger partial charge in [-0.1, -0.05) is 12.1 Å². The average Bonchev–Trinajstić information content (AvgIpc) is 2.78. The van der Waals surface area contributed by atoms with E-state index in [2.05, 4.69) is 10.6 Å². The summed E-state index contributed by atoms with van der Waals surface area (Å²) >= 11 is 0. The van der Waals surface area contributed by atoms with E-state index in [-0.39, 0.29) is 35.1 Å². The Balaban J connectivity index is 0.00000408. The van der Waals surface area contributed by atoms with Crippen LogP contribution >= 0.6 is 0 Å². The van der Waals surface area contributed by atoms with Gasteiger partial charge in [-0.25, -0.2) is 9.18 Å². The molecule has 2 aromatic rings. The number of amides is 3. The van der Waals surface area contributed by atoms with Crippen LogP contribution in [0.25, 0.3) is 11.1 Å². The fourth-order valence-corrected chi connectivity index (χ4v) is 3.35. The van der Waals surface area contributed by atoms with Crippen molar-refractivity contribution in [1.82, 2.24) is 15.5 Å². The van der Waals surface area contributed by atoms with E-state index in [9.17, 15) is 28.7 Å². The van der Waals surface area contributed by atoms with Gasteiger partial charge in [0.25, 0.3) is 5.91 Å². The first kappa shape index (κ1) is 27.0. The van der Waals surface area contributed by atoms with Crippen LogP contribution in [0.15, 0.2) is 54.7 Å². The van der Waals surface area contributed by atoms with Gasteiger partial charge in [0.1, 0.15) is 11.6 Å². The number of carbonyl (C=O) groups excluding carboxylic acids is 3. The molecule has 0 aliphatic carbocycles. The number of benzene rings is 2. The average molecular weight is 479 g/mol. The van der Waals surface area contributed by atoms with E-state index >= 15 is 0 Å². The Labute approximate surface area is 217 Å². The summed E-state index contributed by atoms with van der Waals surface area (Å²) in [6.07, 6.45) is 1.87. The number of methoxy groups -OCH3 is 1. The Hall–Kier alpha value is -3.21. The van der Waals surface area contributed by atoms with Crippen LogP contribution in [0.1, 0.15) is 18.0 Å². The third-order valence-corrected chi connectivity index (χ3v) is 5.03. The van der Waals surface area contributed by atoms with E-state index in [1.165, 1.54) is 26.4 Å². The molecular formula is C23H23FN3NaO6. The summed E-state index contributed by atoms with van der Waals surface area (Å²) in [5, 5.41) is 14.0. The van der Waals surface area contributed by atoms with Gasteiger partial charge in [0.15, 0.2) is 11.8 Å². The molecule has 0 spiro atoms. The van der Waals surface area contributed by atoms with E-state index in [1.807, 2.05) is 0 Å². The van der Waals surface area contributed by atoms with Gasteiger partial charge < -0.3 is 25.4 Å². The number of nitrogens with zero attached hydrogens (tertiary/aromatic N) is 1. The maximum absolute atomic E-state index is 14.4. The molecule has 0 bridgehead atoms. The number of ether oxygens (including phenoxy) is 1. The van der Waals surface area contributed by atoms with Crippen LogP contribution in [-0.4, -0.2) is 83.5 Å². The number of aliphatic carboxylic acids is 1. The van der Waals surface area contributed by atoms with Crippen LogP contribution in [0, 0.1) is 5.82 Å². The van der Waals surface area contributed by atoms with Gasteiger partial charge in [-0.3, -0.25) is 14.4 Å². The molecule has 9 nitrogen and oxygen atoms in total. The molecule has 2 aromatic carbocycles. The van der Waals surface area contributed by atoms with Gasteiger partial charge >= 0.3 is 41.6 Å². The molecule has 1 aliphatic rings. The predicted octanol–water partition coefficient (Wildman–Crippen LogP) is 1.59. The van der Waals surface area contributed by atoms with E-state index in [4.69, 9.17) is 4.74 Å². The number of ketones is 1. The zero-order valence-corrected chi connectivity index (χ0v) is 17.9. The van der Waals surface area contributed by atoms with Crippen LogP contribution in [0.3, 0.4) is 0 Å². The summed E-state index contributed by atoms with van der Waals surface area (Å²) in [6, 6.07) is 7.31. The number of carbonyl (C=O) groups is 4. The van der Waals surface area contributed by atoms with Gasteiger partial charge in [-0.05, 0) is 47.0 Å². The third-order valence-electron chi connectivity index (χ3n) is 5.03. The second kappa shape index (κ2) is 11.8. The molecule has 174 valence electrons. The summed E-state index contributed by atoms with van der Waals surface area (Å²) in [6.45, 7) is 0. The molecule has 0 saturated carbocycles. The number of urea groups is 1. The summed E-state index contributed by atoms with van der Waals surface area (Å²) in [5.74, 6) is -2.57. The summed E-state index contributed by atoms with van der Waals surface area (Å²) < 4.78 is 19.6. The first-order chi connectivity index (χ1) is 15.7. The van der Waals surface area contributed by atoms with Crippen molar-refractivity contribution in [2.45, 2.75) is 18.5 Å². The zero-order chi connectivity index (χ0) is 24.1. The molecule has 0 saturated heterocycles. The van der Waals surface area contributed by atoms with Crippen molar-refractivity contribution in [3.8, 4) is 16.9 Å². The first-order valence-electron chi connectivity index (χ1n) is 9.90. The van der Waals surface area contributed by atoms with Crippen molar-refractivity contribution in [3.63, 3.8) is 0 Å². The van der Waals surface area contributed by atoms with Crippen LogP contribution in [-0.2, 0) is 14.4 Å². The summed E-state index contributed by atoms with van der Waals surface area (Å²) in [5.41, 5.74) is 1.27. The Morgan fingerprint density at radius 2 is 1.91 bits per heavy atom. The maximum atomic E-state index is 14.4. The fraction of sp³-hybridized carbons (Fsp3) is 0.217. The van der Waals surface area contributed by atoms with E-state index < -0.39 is 48.0 Å². The first-order valence-corrected chi connectivity index (χ1v) is 9.90. The zero-order valence-electron chi connectivity index (χ0n) is 17.9. The SMILES string of the molecule is COc1cccc(-c2cc(F)cc(C(CC(=O)O)NC(=O)NC3C(=O)C=CN(C)C3=O)c2)c1.[NaH]. The normalized spacial score (nSPS) is 15.9. The number of carboxylic acids is 1. The predicted molar refractivity (Wildman–Crippen MR) is 123 cm³/mol. The number of halogens is 1. The number of likely N-dealkylation sites (N-methyl/N-ethyl adjacent to an activating group) is 1. The van der Waals surface area contributed by atoms with Crippen molar-refractivity contribution >= 4 is 53.2 Å². The minimum atomic E-state index is -1.44. The molecule has 11 heteroatoms. The van der Waals surface area contributed by atoms with Gasteiger partial charge in [-0.2, -0.15) is 0 Å². The van der Waals surface area contributed by atoms with E-state index in [0.717, 1.165) is 17.0 Å². The molecule has 2 atom stereocenters. The van der Waals surface area contributed by atoms with Crippen molar-refractivity contribution in [3.05, 3.63) is 66.1 Å². The van der Waals surface area contributed by atoms with Crippen LogP contribution in [0.5, 0.6) is 5.75 Å². The number of carboxylic acid groups (broad SMARTS) is 1. The quantitative estimate of drug-likeness (QED) is 0.409. The molecule has 1 heterocycles. The van der Waals surface area contributed by atoms with Gasteiger partial charge in [0, 0.05) is 19.3 Å². The molecule has 1 aliphatic heterocycles.